The summed E-state index contributed by atoms with van der Waals surface area (Å²) in [5.41, 5.74) is 4.24. The van der Waals surface area contributed by atoms with Gasteiger partial charge in [0.05, 0.1) is 6.26 Å². The molecule has 1 heteroatoms. The summed E-state index contributed by atoms with van der Waals surface area (Å²) in [5.74, 6) is 0. The second kappa shape index (κ2) is 0.991. The van der Waals surface area contributed by atoms with E-state index in [0.717, 1.165) is 6.42 Å². The van der Waals surface area contributed by atoms with Crippen LogP contribution in [0.4, 0.5) is 0 Å². The molecule has 1 fully saturated rings. The highest BCUT2D eigenvalue weighted by Crippen LogP contribution is 2.46. The summed E-state index contributed by atoms with van der Waals surface area (Å²) in [4.78, 5) is 0. The van der Waals surface area contributed by atoms with Gasteiger partial charge >= 0.3 is 0 Å². The Hall–Kier alpha value is -0.980. The highest BCUT2D eigenvalue weighted by Gasteiger charge is 2.37. The Bertz CT molecular complexity index is 268. The second-order valence-corrected chi connectivity index (χ2v) is 2.67. The SMILES string of the molecule is C1=C2CC3OC=C2C3=C1. The van der Waals surface area contributed by atoms with Crippen molar-refractivity contribution in [2.75, 3.05) is 0 Å². The maximum atomic E-state index is 5.31. The van der Waals surface area contributed by atoms with Crippen molar-refractivity contribution in [3.63, 3.8) is 0 Å². The van der Waals surface area contributed by atoms with Crippen molar-refractivity contribution >= 4 is 0 Å². The van der Waals surface area contributed by atoms with Crippen LogP contribution >= 0.6 is 0 Å². The summed E-state index contributed by atoms with van der Waals surface area (Å²) in [6.07, 6.45) is 7.78. The molecule has 0 spiro atoms. The van der Waals surface area contributed by atoms with Gasteiger partial charge in [0.15, 0.2) is 0 Å². The molecule has 9 heavy (non-hydrogen) atoms. The normalized spacial score (nSPS) is 33.8. The first-order chi connectivity index (χ1) is 4.45. The number of hydrogen-bond acceptors (Lipinski definition) is 1. The summed E-state index contributed by atoms with van der Waals surface area (Å²) in [5, 5.41) is 0. The molecule has 0 saturated heterocycles. The lowest BCUT2D eigenvalue weighted by molar-refractivity contribution is 0.195. The van der Waals surface area contributed by atoms with Crippen LogP contribution in [-0.2, 0) is 4.74 Å². The maximum Gasteiger partial charge on any atom is 0.128 e. The molecule has 0 aromatic carbocycles. The van der Waals surface area contributed by atoms with E-state index in [1.54, 1.807) is 0 Å². The predicted molar refractivity (Wildman–Crippen MR) is 33.7 cm³/mol. The van der Waals surface area contributed by atoms with Crippen LogP contribution in [0.2, 0.25) is 0 Å². The Morgan fingerprint density at radius 1 is 1.44 bits per heavy atom. The van der Waals surface area contributed by atoms with Crippen LogP contribution in [0.1, 0.15) is 6.42 Å². The largest absolute Gasteiger partial charge is 0.492 e. The van der Waals surface area contributed by atoms with Gasteiger partial charge in [0, 0.05) is 17.6 Å². The van der Waals surface area contributed by atoms with Gasteiger partial charge in [-0.1, -0.05) is 12.2 Å². The Morgan fingerprint density at radius 3 is 3.00 bits per heavy atom. The molecule has 0 amide bonds. The summed E-state index contributed by atoms with van der Waals surface area (Å²) >= 11 is 0. The third-order valence-electron chi connectivity index (χ3n) is 2.22. The molecule has 1 nitrogen and oxygen atoms in total. The van der Waals surface area contributed by atoms with Crippen LogP contribution < -0.4 is 0 Å². The lowest BCUT2D eigenvalue weighted by atomic mass is 10.1. The fourth-order valence-corrected chi connectivity index (χ4v) is 1.74. The van der Waals surface area contributed by atoms with Crippen LogP contribution in [0.5, 0.6) is 0 Å². The standard InChI is InChI=1S/C8H6O/c1-2-6-7-4-9-8(6)3-5(1)7/h1-2,4,8H,3H2. The van der Waals surface area contributed by atoms with Crippen molar-refractivity contribution in [1.29, 1.82) is 0 Å². The van der Waals surface area contributed by atoms with E-state index in [-0.39, 0.29) is 0 Å². The van der Waals surface area contributed by atoms with Crippen molar-refractivity contribution in [1.82, 2.24) is 0 Å². The van der Waals surface area contributed by atoms with E-state index in [2.05, 4.69) is 12.2 Å². The van der Waals surface area contributed by atoms with Gasteiger partial charge in [-0.05, 0) is 5.57 Å². The number of allylic oxidation sites excluding steroid dienone is 2. The van der Waals surface area contributed by atoms with Crippen LogP contribution in [0.15, 0.2) is 35.1 Å². The molecule has 1 saturated carbocycles. The molecule has 0 N–H and O–H groups in total. The lowest BCUT2D eigenvalue weighted by Gasteiger charge is -2.09. The molecule has 4 bridgehead atoms. The smallest absolute Gasteiger partial charge is 0.128 e. The van der Waals surface area contributed by atoms with Gasteiger partial charge in [-0.3, -0.25) is 0 Å². The fourth-order valence-electron chi connectivity index (χ4n) is 1.74. The van der Waals surface area contributed by atoms with Crippen LogP contribution in [0.25, 0.3) is 0 Å². The molecule has 0 radical (unpaired) electrons. The molecule has 44 valence electrons. The highest BCUT2D eigenvalue weighted by atomic mass is 16.5. The third kappa shape index (κ3) is 0.283. The topological polar surface area (TPSA) is 9.23 Å². The molecule has 1 aliphatic heterocycles. The first-order valence-electron chi connectivity index (χ1n) is 3.22. The van der Waals surface area contributed by atoms with E-state index in [0.29, 0.717) is 6.10 Å². The minimum atomic E-state index is 0.403. The lowest BCUT2D eigenvalue weighted by Crippen LogP contribution is -2.04. The first kappa shape index (κ1) is 3.94. The molecule has 2 aliphatic carbocycles. The van der Waals surface area contributed by atoms with Gasteiger partial charge in [-0.2, -0.15) is 0 Å². The van der Waals surface area contributed by atoms with Crippen molar-refractivity contribution in [2.45, 2.75) is 12.5 Å². The minimum Gasteiger partial charge on any atom is -0.492 e. The molecule has 1 heterocycles. The van der Waals surface area contributed by atoms with Crippen molar-refractivity contribution in [2.24, 2.45) is 0 Å². The van der Waals surface area contributed by atoms with Crippen LogP contribution in [-0.4, -0.2) is 6.10 Å². The predicted octanol–water partition coefficient (Wildman–Crippen LogP) is 1.54. The summed E-state index contributed by atoms with van der Waals surface area (Å²) in [7, 11) is 0. The van der Waals surface area contributed by atoms with Crippen molar-refractivity contribution < 1.29 is 4.74 Å². The van der Waals surface area contributed by atoms with E-state index in [1.165, 1.54) is 16.7 Å². The van der Waals surface area contributed by atoms with Gasteiger partial charge < -0.3 is 4.74 Å². The van der Waals surface area contributed by atoms with E-state index >= 15 is 0 Å². The number of rotatable bonds is 0. The first-order valence-corrected chi connectivity index (χ1v) is 3.22. The molecular formula is C8H6O. The average molecular weight is 118 g/mol. The van der Waals surface area contributed by atoms with Crippen molar-refractivity contribution in [3.05, 3.63) is 35.1 Å². The second-order valence-electron chi connectivity index (χ2n) is 2.67. The van der Waals surface area contributed by atoms with Gasteiger partial charge in [0.25, 0.3) is 0 Å². The van der Waals surface area contributed by atoms with Crippen LogP contribution in [0.3, 0.4) is 0 Å². The average Bonchev–Trinajstić information content (AvgIpc) is 2.50. The van der Waals surface area contributed by atoms with Gasteiger partial charge in [0.1, 0.15) is 6.10 Å². The molecular weight excluding hydrogens is 112 g/mol. The number of ether oxygens (including phenoxy) is 1. The Balaban J connectivity index is 2.38. The minimum absolute atomic E-state index is 0.403. The Labute approximate surface area is 53.3 Å². The molecule has 3 aliphatic rings. The Kier molecular flexibility index (Phi) is 0.434. The summed E-state index contributed by atoms with van der Waals surface area (Å²) in [6, 6.07) is 0. The van der Waals surface area contributed by atoms with E-state index in [4.69, 9.17) is 4.74 Å². The summed E-state index contributed by atoms with van der Waals surface area (Å²) < 4.78 is 5.31. The fraction of sp³-hybridized carbons (Fsp3) is 0.250. The molecule has 1 unspecified atom stereocenters. The highest BCUT2D eigenvalue weighted by molar-refractivity contribution is 5.63. The summed E-state index contributed by atoms with van der Waals surface area (Å²) in [6.45, 7) is 0. The van der Waals surface area contributed by atoms with E-state index < -0.39 is 0 Å². The zero-order valence-electron chi connectivity index (χ0n) is 4.92. The van der Waals surface area contributed by atoms with E-state index in [9.17, 15) is 0 Å². The van der Waals surface area contributed by atoms with Gasteiger partial charge in [-0.25, -0.2) is 0 Å². The van der Waals surface area contributed by atoms with Gasteiger partial charge in [0.2, 0.25) is 0 Å². The quantitative estimate of drug-likeness (QED) is 0.468. The van der Waals surface area contributed by atoms with Gasteiger partial charge in [-0.15, -0.1) is 0 Å². The molecule has 0 aromatic rings. The molecule has 0 aromatic heterocycles. The monoisotopic (exact) mass is 118 g/mol. The van der Waals surface area contributed by atoms with Crippen LogP contribution in [0, 0.1) is 0 Å². The molecule has 1 atom stereocenters. The molecule has 3 rings (SSSR count). The zero-order valence-corrected chi connectivity index (χ0v) is 4.92. The number of hydrogen-bond donors (Lipinski definition) is 0. The zero-order chi connectivity index (χ0) is 5.84. The van der Waals surface area contributed by atoms with Crippen molar-refractivity contribution in [3.8, 4) is 0 Å². The third-order valence-corrected chi connectivity index (χ3v) is 2.22. The van der Waals surface area contributed by atoms with E-state index in [1.807, 2.05) is 6.26 Å². The Morgan fingerprint density at radius 2 is 2.44 bits per heavy atom. The maximum absolute atomic E-state index is 5.31.